The zero-order valence-corrected chi connectivity index (χ0v) is 17.8. The van der Waals surface area contributed by atoms with Gasteiger partial charge in [0, 0.05) is 6.20 Å². The molecule has 1 N–H and O–H groups in total. The summed E-state index contributed by atoms with van der Waals surface area (Å²) in [7, 11) is 0. The van der Waals surface area contributed by atoms with Crippen molar-refractivity contribution in [1.29, 1.82) is 0 Å². The van der Waals surface area contributed by atoms with Crippen LogP contribution in [-0.4, -0.2) is 5.01 Å². The maximum Gasteiger partial charge on any atom is 0.0615 e. The normalized spacial score (nSPS) is 21.1. The van der Waals surface area contributed by atoms with Gasteiger partial charge in [0.15, 0.2) is 0 Å². The molecule has 0 bridgehead atoms. The number of hydrazine groups is 1. The predicted molar refractivity (Wildman–Crippen MR) is 120 cm³/mol. The summed E-state index contributed by atoms with van der Waals surface area (Å²) in [6, 6.07) is 4.79. The van der Waals surface area contributed by atoms with Crippen LogP contribution in [-0.2, 0) is 0 Å². The fourth-order valence-corrected chi connectivity index (χ4v) is 5.17. The summed E-state index contributed by atoms with van der Waals surface area (Å²) < 4.78 is 0. The number of rotatable bonds is 3. The second-order valence-corrected chi connectivity index (χ2v) is 8.94. The Morgan fingerprint density at radius 3 is 2.54 bits per heavy atom. The fourth-order valence-electron chi connectivity index (χ4n) is 5.17. The zero-order valence-electron chi connectivity index (χ0n) is 17.8. The Morgan fingerprint density at radius 2 is 1.71 bits per heavy atom. The van der Waals surface area contributed by atoms with Crippen LogP contribution in [0.15, 0.2) is 47.8 Å². The lowest BCUT2D eigenvalue weighted by atomic mass is 9.83. The third kappa shape index (κ3) is 4.37. The van der Waals surface area contributed by atoms with Crippen LogP contribution in [0, 0.1) is 13.8 Å². The van der Waals surface area contributed by atoms with E-state index in [1.165, 1.54) is 104 Å². The Labute approximate surface area is 171 Å². The van der Waals surface area contributed by atoms with E-state index in [1.54, 1.807) is 0 Å². The SMILES string of the molecule is Cc1cc(C)c(NN2C=CC=C3CCCCC=C32)c(C2CCCCCCC2)c1. The number of fused-ring (bicyclic) bond motifs is 1. The highest BCUT2D eigenvalue weighted by atomic mass is 15.5. The monoisotopic (exact) mass is 376 g/mol. The molecule has 1 aromatic carbocycles. The minimum atomic E-state index is 0.688. The predicted octanol–water partition coefficient (Wildman–Crippen LogP) is 7.67. The molecule has 2 nitrogen and oxygen atoms in total. The molecule has 0 unspecified atom stereocenters. The Kier molecular flexibility index (Phi) is 6.24. The molecule has 0 atom stereocenters. The van der Waals surface area contributed by atoms with E-state index >= 15 is 0 Å². The number of nitrogens with zero attached hydrogens (tertiary/aromatic N) is 1. The van der Waals surface area contributed by atoms with E-state index in [0.717, 1.165) is 0 Å². The number of aryl methyl sites for hydroxylation is 2. The maximum atomic E-state index is 3.84. The molecular weight excluding hydrogens is 340 g/mol. The second kappa shape index (κ2) is 9.03. The van der Waals surface area contributed by atoms with Gasteiger partial charge >= 0.3 is 0 Å². The van der Waals surface area contributed by atoms with Crippen LogP contribution in [0.1, 0.15) is 93.2 Å². The van der Waals surface area contributed by atoms with E-state index in [2.05, 4.69) is 60.8 Å². The largest absolute Gasteiger partial charge is 0.294 e. The minimum Gasteiger partial charge on any atom is -0.294 e. The first-order valence-corrected chi connectivity index (χ1v) is 11.5. The highest BCUT2D eigenvalue weighted by Crippen LogP contribution is 2.38. The van der Waals surface area contributed by atoms with Gasteiger partial charge < -0.3 is 0 Å². The van der Waals surface area contributed by atoms with Crippen molar-refractivity contribution in [3.63, 3.8) is 0 Å². The standard InChI is InChI=1S/C26H36N2/c1-20-18-21(2)26(24(19-20)22-12-7-4-3-5-8-13-22)27-28-17-11-15-23-14-9-6-10-16-25(23)28/h11,15-19,22,27H,3-10,12-14H2,1-2H3. The number of nitrogens with one attached hydrogen (secondary N) is 1. The highest BCUT2D eigenvalue weighted by Gasteiger charge is 2.22. The summed E-state index contributed by atoms with van der Waals surface area (Å²) in [5.41, 5.74) is 12.3. The molecule has 2 aliphatic carbocycles. The van der Waals surface area contributed by atoms with Crippen LogP contribution in [0.4, 0.5) is 5.69 Å². The topological polar surface area (TPSA) is 15.3 Å². The van der Waals surface area contributed by atoms with Gasteiger partial charge in [-0.1, -0.05) is 62.0 Å². The van der Waals surface area contributed by atoms with Crippen LogP contribution in [0.3, 0.4) is 0 Å². The molecule has 0 spiro atoms. The van der Waals surface area contributed by atoms with Crippen LogP contribution in [0.25, 0.3) is 0 Å². The summed E-state index contributed by atoms with van der Waals surface area (Å²) in [5.74, 6) is 0.688. The fraction of sp³-hybridized carbons (Fsp3) is 0.538. The van der Waals surface area contributed by atoms with Crippen molar-refractivity contribution in [3.8, 4) is 0 Å². The lowest BCUT2D eigenvalue weighted by Crippen LogP contribution is -2.27. The Hall–Kier alpha value is -1.96. The Balaban J connectivity index is 1.64. The summed E-state index contributed by atoms with van der Waals surface area (Å²) in [6.07, 6.45) is 23.7. The third-order valence-corrected chi connectivity index (χ3v) is 6.65. The summed E-state index contributed by atoms with van der Waals surface area (Å²) in [4.78, 5) is 0. The van der Waals surface area contributed by atoms with Gasteiger partial charge in [-0.3, -0.25) is 10.4 Å². The first-order valence-electron chi connectivity index (χ1n) is 11.5. The third-order valence-electron chi connectivity index (χ3n) is 6.65. The number of allylic oxidation sites excluding steroid dienone is 4. The molecule has 2 heteroatoms. The maximum absolute atomic E-state index is 3.84. The Bertz CT molecular complexity index is 776. The zero-order chi connectivity index (χ0) is 19.3. The van der Waals surface area contributed by atoms with Crippen molar-refractivity contribution < 1.29 is 0 Å². The molecule has 0 radical (unpaired) electrons. The van der Waals surface area contributed by atoms with Gasteiger partial charge in [0.05, 0.1) is 11.4 Å². The quantitative estimate of drug-likeness (QED) is 0.582. The molecule has 150 valence electrons. The summed E-state index contributed by atoms with van der Waals surface area (Å²) >= 11 is 0. The Morgan fingerprint density at radius 1 is 0.929 bits per heavy atom. The molecule has 3 aliphatic rings. The average molecular weight is 377 g/mol. The molecule has 0 aromatic heterocycles. The molecule has 1 saturated carbocycles. The van der Waals surface area contributed by atoms with Gasteiger partial charge in [-0.25, -0.2) is 0 Å². The molecule has 0 amide bonds. The van der Waals surface area contributed by atoms with Gasteiger partial charge in [-0.2, -0.15) is 0 Å². The van der Waals surface area contributed by atoms with Crippen molar-refractivity contribution >= 4 is 5.69 Å². The lowest BCUT2D eigenvalue weighted by molar-refractivity contribution is 0.454. The second-order valence-electron chi connectivity index (χ2n) is 8.94. The smallest absolute Gasteiger partial charge is 0.0615 e. The van der Waals surface area contributed by atoms with Crippen molar-refractivity contribution in [3.05, 3.63) is 64.5 Å². The lowest BCUT2D eigenvalue weighted by Gasteiger charge is -2.32. The van der Waals surface area contributed by atoms with Crippen molar-refractivity contribution in [2.45, 2.75) is 90.4 Å². The van der Waals surface area contributed by atoms with Crippen LogP contribution < -0.4 is 5.43 Å². The molecule has 1 fully saturated rings. The van der Waals surface area contributed by atoms with Gasteiger partial charge in [-0.05, 0) is 81.1 Å². The average Bonchev–Trinajstić information content (AvgIpc) is 2.90. The molecule has 1 aromatic rings. The van der Waals surface area contributed by atoms with Gasteiger partial charge in [-0.15, -0.1) is 0 Å². The summed E-state index contributed by atoms with van der Waals surface area (Å²) in [5, 5.41) is 2.28. The van der Waals surface area contributed by atoms with Crippen molar-refractivity contribution in [2.75, 3.05) is 5.43 Å². The number of hydrogen-bond donors (Lipinski definition) is 1. The summed E-state index contributed by atoms with van der Waals surface area (Å²) in [6.45, 7) is 4.52. The van der Waals surface area contributed by atoms with Crippen LogP contribution in [0.2, 0.25) is 0 Å². The molecule has 0 saturated heterocycles. The molecule has 4 rings (SSSR count). The van der Waals surface area contributed by atoms with Crippen LogP contribution in [0.5, 0.6) is 0 Å². The number of anilines is 1. The molecule has 28 heavy (non-hydrogen) atoms. The highest BCUT2D eigenvalue weighted by molar-refractivity contribution is 5.61. The van der Waals surface area contributed by atoms with Gasteiger partial charge in [0.25, 0.3) is 0 Å². The van der Waals surface area contributed by atoms with E-state index in [9.17, 15) is 0 Å². The number of hydrogen-bond acceptors (Lipinski definition) is 2. The van der Waals surface area contributed by atoms with Gasteiger partial charge in [0.1, 0.15) is 0 Å². The molecule has 1 aliphatic heterocycles. The van der Waals surface area contributed by atoms with Gasteiger partial charge in [0.2, 0.25) is 0 Å². The van der Waals surface area contributed by atoms with Crippen molar-refractivity contribution in [1.82, 2.24) is 5.01 Å². The van der Waals surface area contributed by atoms with E-state index in [4.69, 9.17) is 0 Å². The first kappa shape index (κ1) is 19.4. The number of benzene rings is 1. The molecular formula is C26H36N2. The minimum absolute atomic E-state index is 0.688. The van der Waals surface area contributed by atoms with Crippen LogP contribution >= 0.6 is 0 Å². The van der Waals surface area contributed by atoms with E-state index in [0.29, 0.717) is 5.92 Å². The first-order chi connectivity index (χ1) is 13.7. The van der Waals surface area contributed by atoms with E-state index in [-0.39, 0.29) is 0 Å². The molecule has 1 heterocycles. The van der Waals surface area contributed by atoms with Crippen molar-refractivity contribution in [2.24, 2.45) is 0 Å². The van der Waals surface area contributed by atoms with E-state index in [1.807, 2.05) is 0 Å². The van der Waals surface area contributed by atoms with E-state index < -0.39 is 0 Å².